The van der Waals surface area contributed by atoms with Gasteiger partial charge in [-0.1, -0.05) is 42.2 Å². The van der Waals surface area contributed by atoms with Gasteiger partial charge in [-0.2, -0.15) is 0 Å². The van der Waals surface area contributed by atoms with Crippen molar-refractivity contribution in [2.75, 3.05) is 13.1 Å². The lowest BCUT2D eigenvalue weighted by molar-refractivity contribution is -0.135. The Bertz CT molecular complexity index is 1010. The number of fused-ring (bicyclic) bond motifs is 1. The van der Waals surface area contributed by atoms with Crippen LogP contribution in [0.25, 0.3) is 17.0 Å². The molecule has 29 heavy (non-hydrogen) atoms. The molecule has 2 aliphatic rings. The van der Waals surface area contributed by atoms with Crippen molar-refractivity contribution in [2.45, 2.75) is 45.7 Å². The Hall–Kier alpha value is -2.12. The normalized spacial score (nSPS) is 21.6. The highest BCUT2D eigenvalue weighted by Crippen LogP contribution is 2.34. The summed E-state index contributed by atoms with van der Waals surface area (Å²) < 4.78 is 2.60. The van der Waals surface area contributed by atoms with E-state index >= 15 is 0 Å². The molecule has 3 heterocycles. The van der Waals surface area contributed by atoms with Gasteiger partial charge >= 0.3 is 0 Å². The van der Waals surface area contributed by atoms with E-state index in [0.29, 0.717) is 28.4 Å². The van der Waals surface area contributed by atoms with Crippen molar-refractivity contribution in [3.8, 4) is 0 Å². The van der Waals surface area contributed by atoms with Crippen LogP contribution in [-0.2, 0) is 16.1 Å². The molecule has 7 heteroatoms. The number of likely N-dealkylation sites (tertiary alicyclic amines) is 1. The molecule has 1 atom stereocenters. The monoisotopic (exact) mass is 427 g/mol. The molecule has 0 saturated carbocycles. The third kappa shape index (κ3) is 3.85. The van der Waals surface area contributed by atoms with Gasteiger partial charge < -0.3 is 9.47 Å². The molecule has 2 amide bonds. The van der Waals surface area contributed by atoms with Gasteiger partial charge in [0, 0.05) is 41.8 Å². The van der Waals surface area contributed by atoms with Gasteiger partial charge in [-0.15, -0.1) is 0 Å². The molecular formula is C22H25N3O2S2. The van der Waals surface area contributed by atoms with E-state index in [1.165, 1.54) is 18.2 Å². The molecule has 2 saturated heterocycles. The van der Waals surface area contributed by atoms with Crippen LogP contribution < -0.4 is 0 Å². The zero-order valence-corrected chi connectivity index (χ0v) is 18.4. The second kappa shape index (κ2) is 8.32. The van der Waals surface area contributed by atoms with Crippen molar-refractivity contribution in [1.29, 1.82) is 0 Å². The minimum Gasteiger partial charge on any atom is -0.338 e. The summed E-state index contributed by atoms with van der Waals surface area (Å²) in [5.74, 6) is 0.111. The number of aromatic nitrogens is 1. The van der Waals surface area contributed by atoms with Gasteiger partial charge in [-0.25, -0.2) is 0 Å². The van der Waals surface area contributed by atoms with Crippen LogP contribution in [0.5, 0.6) is 0 Å². The highest BCUT2D eigenvalue weighted by Gasteiger charge is 2.31. The minimum absolute atomic E-state index is 0.0439. The lowest BCUT2D eigenvalue weighted by Crippen LogP contribution is -2.43. The van der Waals surface area contributed by atoms with Crippen molar-refractivity contribution in [1.82, 2.24) is 14.4 Å². The summed E-state index contributed by atoms with van der Waals surface area (Å²) in [4.78, 5) is 29.8. The second-order valence-corrected chi connectivity index (χ2v) is 9.26. The highest BCUT2D eigenvalue weighted by atomic mass is 32.2. The van der Waals surface area contributed by atoms with Crippen LogP contribution in [0, 0.1) is 0 Å². The van der Waals surface area contributed by atoms with Gasteiger partial charge in [0.2, 0.25) is 5.91 Å². The van der Waals surface area contributed by atoms with E-state index in [2.05, 4.69) is 6.92 Å². The van der Waals surface area contributed by atoms with Gasteiger partial charge in [-0.3, -0.25) is 14.5 Å². The van der Waals surface area contributed by atoms with Crippen molar-refractivity contribution in [3.05, 3.63) is 40.9 Å². The van der Waals surface area contributed by atoms with Gasteiger partial charge in [0.05, 0.1) is 4.91 Å². The first kappa shape index (κ1) is 20.2. The van der Waals surface area contributed by atoms with Crippen LogP contribution >= 0.6 is 24.0 Å². The molecule has 0 bridgehead atoms. The molecule has 2 aromatic rings. The first-order chi connectivity index (χ1) is 14.0. The molecule has 0 aliphatic carbocycles. The van der Waals surface area contributed by atoms with E-state index in [0.717, 1.165) is 35.9 Å². The number of likely N-dealkylation sites (N-methyl/N-ethyl adjacent to an activating group) is 1. The second-order valence-electron chi connectivity index (χ2n) is 7.59. The van der Waals surface area contributed by atoms with Gasteiger partial charge in [0.1, 0.15) is 10.9 Å². The van der Waals surface area contributed by atoms with Gasteiger partial charge in [-0.05, 0) is 45.3 Å². The molecule has 0 N–H and O–H groups in total. The summed E-state index contributed by atoms with van der Waals surface area (Å²) in [5, 5.41) is 1.04. The van der Waals surface area contributed by atoms with Crippen LogP contribution in [0.15, 0.2) is 35.4 Å². The Morgan fingerprint density at radius 2 is 2.10 bits per heavy atom. The van der Waals surface area contributed by atoms with Crippen LogP contribution in [0.2, 0.25) is 0 Å². The molecule has 0 radical (unpaired) electrons. The fourth-order valence-electron chi connectivity index (χ4n) is 4.14. The molecule has 0 unspecified atom stereocenters. The van der Waals surface area contributed by atoms with Crippen LogP contribution in [0.4, 0.5) is 0 Å². The Labute approximate surface area is 180 Å². The topological polar surface area (TPSA) is 45.6 Å². The number of amides is 2. The first-order valence-electron chi connectivity index (χ1n) is 10.1. The van der Waals surface area contributed by atoms with Crippen molar-refractivity contribution < 1.29 is 9.59 Å². The number of hydrogen-bond acceptors (Lipinski definition) is 4. The maximum absolute atomic E-state index is 13.0. The fraction of sp³-hybridized carbons (Fsp3) is 0.409. The first-order valence-corrected chi connectivity index (χ1v) is 11.3. The minimum atomic E-state index is -0.0439. The molecule has 1 aromatic heterocycles. The van der Waals surface area contributed by atoms with Crippen LogP contribution in [-0.4, -0.2) is 49.6 Å². The quantitative estimate of drug-likeness (QED) is 0.540. The molecule has 5 nitrogen and oxygen atoms in total. The summed E-state index contributed by atoms with van der Waals surface area (Å²) in [6, 6.07) is 8.32. The average Bonchev–Trinajstić information content (AvgIpc) is 3.19. The van der Waals surface area contributed by atoms with Crippen molar-refractivity contribution in [2.24, 2.45) is 0 Å². The Balaban J connectivity index is 1.66. The number of benzene rings is 1. The van der Waals surface area contributed by atoms with Crippen LogP contribution in [0.1, 0.15) is 38.7 Å². The molecule has 0 spiro atoms. The van der Waals surface area contributed by atoms with E-state index in [9.17, 15) is 9.59 Å². The number of rotatable bonds is 4. The number of thioether (sulfide) groups is 1. The molecule has 4 rings (SSSR count). The smallest absolute Gasteiger partial charge is 0.266 e. The Morgan fingerprint density at radius 1 is 1.31 bits per heavy atom. The van der Waals surface area contributed by atoms with E-state index in [1.54, 1.807) is 4.90 Å². The van der Waals surface area contributed by atoms with Gasteiger partial charge in [0.15, 0.2) is 0 Å². The summed E-state index contributed by atoms with van der Waals surface area (Å²) in [6.07, 6.45) is 7.23. The standard InChI is InChI=1S/C22H25N3O2S2/c1-3-24-21(27)19(29-22(24)28)12-16-13-23(18-10-5-4-9-17(16)18)14-20(26)25-11-7-6-8-15(25)2/h4-5,9-10,12-13,15H,3,6-8,11,14H2,1-2H3/b19-12-/t15-/m1/s1. The summed E-state index contributed by atoms with van der Waals surface area (Å²) >= 11 is 6.66. The maximum Gasteiger partial charge on any atom is 0.266 e. The number of para-hydroxylation sites is 1. The number of nitrogens with zero attached hydrogens (tertiary/aromatic N) is 3. The number of hydrogen-bond donors (Lipinski definition) is 0. The number of thiocarbonyl (C=S) groups is 1. The van der Waals surface area contributed by atoms with E-state index in [1.807, 2.05) is 52.9 Å². The third-order valence-corrected chi connectivity index (χ3v) is 7.10. The molecule has 2 fully saturated rings. The average molecular weight is 428 g/mol. The van der Waals surface area contributed by atoms with Gasteiger partial charge in [0.25, 0.3) is 5.91 Å². The lowest BCUT2D eigenvalue weighted by Gasteiger charge is -2.33. The molecule has 1 aromatic carbocycles. The molecular weight excluding hydrogens is 402 g/mol. The van der Waals surface area contributed by atoms with Crippen molar-refractivity contribution >= 4 is 57.1 Å². The predicted molar refractivity (Wildman–Crippen MR) is 123 cm³/mol. The molecule has 2 aliphatic heterocycles. The number of carbonyl (C=O) groups excluding carboxylic acids is 2. The molecule has 152 valence electrons. The zero-order chi connectivity index (χ0) is 20.5. The maximum atomic E-state index is 13.0. The summed E-state index contributed by atoms with van der Waals surface area (Å²) in [6.45, 7) is 5.78. The zero-order valence-electron chi connectivity index (χ0n) is 16.8. The highest BCUT2D eigenvalue weighted by molar-refractivity contribution is 8.26. The Kier molecular flexibility index (Phi) is 5.79. The van der Waals surface area contributed by atoms with E-state index in [4.69, 9.17) is 12.2 Å². The largest absolute Gasteiger partial charge is 0.338 e. The van der Waals surface area contributed by atoms with Crippen LogP contribution in [0.3, 0.4) is 0 Å². The Morgan fingerprint density at radius 3 is 2.83 bits per heavy atom. The number of carbonyl (C=O) groups is 2. The fourth-order valence-corrected chi connectivity index (χ4v) is 5.52. The predicted octanol–water partition coefficient (Wildman–Crippen LogP) is 4.26. The van der Waals surface area contributed by atoms with Crippen molar-refractivity contribution in [3.63, 3.8) is 0 Å². The van der Waals surface area contributed by atoms with E-state index in [-0.39, 0.29) is 11.8 Å². The lowest BCUT2D eigenvalue weighted by atomic mass is 10.0. The third-order valence-electron chi connectivity index (χ3n) is 5.72. The SMILES string of the molecule is CCN1C(=O)/C(=C/c2cn(CC(=O)N3CCCC[C@H]3C)c3ccccc23)SC1=S. The summed E-state index contributed by atoms with van der Waals surface area (Å²) in [5.41, 5.74) is 1.94. The summed E-state index contributed by atoms with van der Waals surface area (Å²) in [7, 11) is 0. The van der Waals surface area contributed by atoms with E-state index < -0.39 is 0 Å². The number of piperidine rings is 1.